The van der Waals surface area contributed by atoms with Crippen molar-refractivity contribution in [3.8, 4) is 5.75 Å². The zero-order chi connectivity index (χ0) is 19.2. The normalized spacial score (nSPS) is 16.7. The fourth-order valence-electron chi connectivity index (χ4n) is 3.74. The van der Waals surface area contributed by atoms with Crippen LogP contribution < -0.4 is 9.64 Å². The van der Waals surface area contributed by atoms with E-state index in [-0.39, 0.29) is 6.04 Å². The van der Waals surface area contributed by atoms with Crippen molar-refractivity contribution >= 4 is 5.69 Å². The Kier molecular flexibility index (Phi) is 6.66. The standard InChI is InChI=1S/C20H32N6O/c1-5-6-7-19(20-21-22-23-26(20)16(2)3)25-14-12-24(13-15-25)17-8-10-18(27-4)11-9-17/h8-11,16,19H,5-7,12-15H2,1-4H3/t19-/m1/s1. The molecular weight excluding hydrogens is 340 g/mol. The molecule has 7 nitrogen and oxygen atoms in total. The third-order valence-electron chi connectivity index (χ3n) is 5.33. The predicted octanol–water partition coefficient (Wildman–Crippen LogP) is 3.32. The summed E-state index contributed by atoms with van der Waals surface area (Å²) in [6.45, 7) is 10.6. The van der Waals surface area contributed by atoms with E-state index in [1.807, 2.05) is 16.8 Å². The fraction of sp³-hybridized carbons (Fsp3) is 0.650. The largest absolute Gasteiger partial charge is 0.497 e. The van der Waals surface area contributed by atoms with Gasteiger partial charge in [0.25, 0.3) is 0 Å². The van der Waals surface area contributed by atoms with Crippen LogP contribution in [0, 0.1) is 0 Å². The molecule has 0 radical (unpaired) electrons. The first kappa shape index (κ1) is 19.6. The maximum atomic E-state index is 5.27. The number of aromatic nitrogens is 4. The van der Waals surface area contributed by atoms with Crippen molar-refractivity contribution < 1.29 is 4.74 Å². The number of tetrazole rings is 1. The second-order valence-corrected chi connectivity index (χ2v) is 7.45. The van der Waals surface area contributed by atoms with Crippen LogP contribution in [0.3, 0.4) is 0 Å². The lowest BCUT2D eigenvalue weighted by Crippen LogP contribution is -2.48. The number of methoxy groups -OCH3 is 1. The number of anilines is 1. The van der Waals surface area contributed by atoms with Gasteiger partial charge in [-0.25, -0.2) is 4.68 Å². The van der Waals surface area contributed by atoms with Gasteiger partial charge in [0.1, 0.15) is 5.75 Å². The van der Waals surface area contributed by atoms with Crippen LogP contribution in [0.1, 0.15) is 57.9 Å². The van der Waals surface area contributed by atoms with Gasteiger partial charge >= 0.3 is 0 Å². The number of hydrogen-bond acceptors (Lipinski definition) is 6. The molecule has 1 aliphatic heterocycles. The lowest BCUT2D eigenvalue weighted by molar-refractivity contribution is 0.161. The quantitative estimate of drug-likeness (QED) is 0.708. The minimum atomic E-state index is 0.278. The van der Waals surface area contributed by atoms with Crippen molar-refractivity contribution in [3.63, 3.8) is 0 Å². The molecular formula is C20H32N6O. The Balaban J connectivity index is 1.69. The Labute approximate surface area is 162 Å². The summed E-state index contributed by atoms with van der Waals surface area (Å²) in [6.07, 6.45) is 3.48. The van der Waals surface area contributed by atoms with Gasteiger partial charge in [-0.2, -0.15) is 0 Å². The van der Waals surface area contributed by atoms with Crippen molar-refractivity contribution in [2.45, 2.75) is 52.1 Å². The van der Waals surface area contributed by atoms with Gasteiger partial charge in [-0.05, 0) is 55.0 Å². The smallest absolute Gasteiger partial charge is 0.168 e. The Morgan fingerprint density at radius 3 is 2.37 bits per heavy atom. The van der Waals surface area contributed by atoms with E-state index in [4.69, 9.17) is 4.74 Å². The van der Waals surface area contributed by atoms with Crippen LogP contribution in [0.2, 0.25) is 0 Å². The summed E-state index contributed by atoms with van der Waals surface area (Å²) in [5, 5.41) is 12.6. The molecule has 0 saturated carbocycles. The second-order valence-electron chi connectivity index (χ2n) is 7.45. The van der Waals surface area contributed by atoms with E-state index < -0.39 is 0 Å². The Morgan fingerprint density at radius 1 is 1.07 bits per heavy atom. The molecule has 148 valence electrons. The van der Waals surface area contributed by atoms with Crippen molar-refractivity contribution in [1.82, 2.24) is 25.1 Å². The van der Waals surface area contributed by atoms with Gasteiger partial charge in [0.2, 0.25) is 0 Å². The molecule has 0 aliphatic carbocycles. The minimum absolute atomic E-state index is 0.278. The predicted molar refractivity (Wildman–Crippen MR) is 107 cm³/mol. The number of unbranched alkanes of at least 4 members (excludes halogenated alkanes) is 1. The van der Waals surface area contributed by atoms with Crippen LogP contribution in [-0.4, -0.2) is 58.4 Å². The molecule has 27 heavy (non-hydrogen) atoms. The summed E-state index contributed by atoms with van der Waals surface area (Å²) in [5.74, 6) is 1.91. The highest BCUT2D eigenvalue weighted by Gasteiger charge is 2.29. The van der Waals surface area contributed by atoms with Crippen LogP contribution >= 0.6 is 0 Å². The van der Waals surface area contributed by atoms with E-state index in [9.17, 15) is 0 Å². The van der Waals surface area contributed by atoms with Crippen molar-refractivity contribution in [2.24, 2.45) is 0 Å². The maximum Gasteiger partial charge on any atom is 0.168 e. The third-order valence-corrected chi connectivity index (χ3v) is 5.33. The molecule has 1 aromatic carbocycles. The molecule has 7 heteroatoms. The van der Waals surface area contributed by atoms with Crippen LogP contribution in [0.15, 0.2) is 24.3 Å². The summed E-state index contributed by atoms with van der Waals surface area (Å²) in [7, 11) is 1.70. The molecule has 0 bridgehead atoms. The van der Waals surface area contributed by atoms with Gasteiger partial charge in [-0.3, -0.25) is 4.90 Å². The summed E-state index contributed by atoms with van der Waals surface area (Å²) in [4.78, 5) is 5.00. The third kappa shape index (κ3) is 4.58. The summed E-state index contributed by atoms with van der Waals surface area (Å²) in [5.41, 5.74) is 1.26. The van der Waals surface area contributed by atoms with E-state index >= 15 is 0 Å². The Morgan fingerprint density at radius 2 is 1.78 bits per heavy atom. The second kappa shape index (κ2) is 9.17. The van der Waals surface area contributed by atoms with Gasteiger partial charge in [0, 0.05) is 31.9 Å². The SMILES string of the molecule is CCCC[C@H](c1nnnn1C(C)C)N1CCN(c2ccc(OC)cc2)CC1. The van der Waals surface area contributed by atoms with Gasteiger partial charge in [-0.15, -0.1) is 5.10 Å². The highest BCUT2D eigenvalue weighted by molar-refractivity contribution is 5.49. The molecule has 1 aromatic heterocycles. The van der Waals surface area contributed by atoms with Crippen molar-refractivity contribution in [3.05, 3.63) is 30.1 Å². The molecule has 2 heterocycles. The zero-order valence-electron chi connectivity index (χ0n) is 17.0. The molecule has 1 saturated heterocycles. The highest BCUT2D eigenvalue weighted by Crippen LogP contribution is 2.28. The van der Waals surface area contributed by atoms with Gasteiger partial charge < -0.3 is 9.64 Å². The lowest BCUT2D eigenvalue weighted by atomic mass is 10.1. The Hall–Kier alpha value is -2.15. The summed E-state index contributed by atoms with van der Waals surface area (Å²) < 4.78 is 7.25. The topological polar surface area (TPSA) is 59.3 Å². The van der Waals surface area contributed by atoms with E-state index in [0.29, 0.717) is 6.04 Å². The number of benzene rings is 1. The number of nitrogens with zero attached hydrogens (tertiary/aromatic N) is 6. The van der Waals surface area contributed by atoms with Gasteiger partial charge in [-0.1, -0.05) is 19.8 Å². The fourth-order valence-corrected chi connectivity index (χ4v) is 3.74. The van der Waals surface area contributed by atoms with E-state index in [1.165, 1.54) is 18.5 Å². The molecule has 0 N–H and O–H groups in total. The number of ether oxygens (including phenoxy) is 1. The molecule has 1 fully saturated rings. The average Bonchev–Trinajstić information content (AvgIpc) is 3.19. The van der Waals surface area contributed by atoms with Crippen molar-refractivity contribution in [1.29, 1.82) is 0 Å². The minimum Gasteiger partial charge on any atom is -0.497 e. The molecule has 1 atom stereocenters. The van der Waals surface area contributed by atoms with Gasteiger partial charge in [0.15, 0.2) is 5.82 Å². The molecule has 2 aromatic rings. The van der Waals surface area contributed by atoms with E-state index in [0.717, 1.165) is 44.2 Å². The van der Waals surface area contributed by atoms with E-state index in [1.54, 1.807) is 7.11 Å². The number of rotatable bonds is 8. The lowest BCUT2D eigenvalue weighted by Gasteiger charge is -2.40. The number of piperazine rings is 1. The molecule has 0 amide bonds. The van der Waals surface area contributed by atoms with Crippen LogP contribution in [-0.2, 0) is 0 Å². The van der Waals surface area contributed by atoms with Crippen LogP contribution in [0.4, 0.5) is 5.69 Å². The molecule has 0 spiro atoms. The van der Waals surface area contributed by atoms with Crippen molar-refractivity contribution in [2.75, 3.05) is 38.2 Å². The first-order chi connectivity index (χ1) is 13.1. The molecule has 3 rings (SSSR count). The molecule has 0 unspecified atom stereocenters. The average molecular weight is 373 g/mol. The van der Waals surface area contributed by atoms with Gasteiger partial charge in [0.05, 0.1) is 19.2 Å². The molecule has 1 aliphatic rings. The monoisotopic (exact) mass is 372 g/mol. The number of hydrogen-bond donors (Lipinski definition) is 0. The highest BCUT2D eigenvalue weighted by atomic mass is 16.5. The van der Waals surface area contributed by atoms with E-state index in [2.05, 4.69) is 58.2 Å². The maximum absolute atomic E-state index is 5.27. The zero-order valence-corrected chi connectivity index (χ0v) is 17.0. The van der Waals surface area contributed by atoms with Crippen LogP contribution in [0.5, 0.6) is 5.75 Å². The first-order valence-corrected chi connectivity index (χ1v) is 10.0. The Bertz CT molecular complexity index is 691. The van der Waals surface area contributed by atoms with Crippen LogP contribution in [0.25, 0.3) is 0 Å². The first-order valence-electron chi connectivity index (χ1n) is 10.0. The summed E-state index contributed by atoms with van der Waals surface area (Å²) in [6, 6.07) is 8.91. The summed E-state index contributed by atoms with van der Waals surface area (Å²) >= 11 is 0.